The first-order valence-electron chi connectivity index (χ1n) is 4.56. The van der Waals surface area contributed by atoms with E-state index in [1.165, 1.54) is 18.3 Å². The number of aldehydes is 1. The second-order valence-corrected chi connectivity index (χ2v) is 3.09. The van der Waals surface area contributed by atoms with Gasteiger partial charge in [-0.2, -0.15) is 13.2 Å². The van der Waals surface area contributed by atoms with Crippen molar-refractivity contribution in [2.24, 2.45) is 10.7 Å². The molecular weight excluding hydrogens is 233 g/mol. The maximum atomic E-state index is 12.2. The van der Waals surface area contributed by atoms with Crippen molar-refractivity contribution >= 4 is 18.2 Å². The predicted octanol–water partition coefficient (Wildman–Crippen LogP) is 2.45. The predicted molar refractivity (Wildman–Crippen MR) is 57.9 cm³/mol. The average molecular weight is 242 g/mol. The summed E-state index contributed by atoms with van der Waals surface area (Å²) in [5.74, 6) is 0. The van der Waals surface area contributed by atoms with Crippen molar-refractivity contribution in [3.63, 3.8) is 0 Å². The summed E-state index contributed by atoms with van der Waals surface area (Å²) in [6.07, 6.45) is -1.64. The molecule has 17 heavy (non-hydrogen) atoms. The zero-order valence-electron chi connectivity index (χ0n) is 8.61. The molecule has 0 spiro atoms. The highest BCUT2D eigenvalue weighted by Gasteiger charge is 2.29. The van der Waals surface area contributed by atoms with Crippen molar-refractivity contribution in [1.82, 2.24) is 0 Å². The van der Waals surface area contributed by atoms with Crippen LogP contribution >= 0.6 is 0 Å². The molecular formula is C11H9F3N2O. The number of carbonyl (C=O) groups excluding carboxylic acids is 1. The lowest BCUT2D eigenvalue weighted by Crippen LogP contribution is -2.03. The largest absolute Gasteiger partial charge is 0.416 e. The third kappa shape index (κ3) is 3.75. The Morgan fingerprint density at radius 2 is 1.82 bits per heavy atom. The molecule has 90 valence electrons. The lowest BCUT2D eigenvalue weighted by atomic mass is 10.2. The Kier molecular flexibility index (Phi) is 4.03. The molecule has 0 aromatic heterocycles. The first-order chi connectivity index (χ1) is 7.97. The van der Waals surface area contributed by atoms with Gasteiger partial charge in [0.25, 0.3) is 0 Å². The molecule has 1 aromatic rings. The van der Waals surface area contributed by atoms with Gasteiger partial charge in [-0.25, -0.2) is 0 Å². The minimum Gasteiger partial charge on any atom is -0.404 e. The minimum absolute atomic E-state index is 0.143. The number of alkyl halides is 3. The Morgan fingerprint density at radius 3 is 2.24 bits per heavy atom. The molecule has 0 bridgehead atoms. The van der Waals surface area contributed by atoms with Crippen molar-refractivity contribution in [2.75, 3.05) is 0 Å². The smallest absolute Gasteiger partial charge is 0.404 e. The van der Waals surface area contributed by atoms with E-state index >= 15 is 0 Å². The first-order valence-corrected chi connectivity index (χ1v) is 4.56. The van der Waals surface area contributed by atoms with Crippen LogP contribution in [0.3, 0.4) is 0 Å². The lowest BCUT2D eigenvalue weighted by Gasteiger charge is -2.05. The standard InChI is InChI=1S/C11H9F3N2O/c12-11(13,14)9-1-3-10(4-2-9)16-6-8(5-15)7-17/h1-7H,15H2/b8-5+,16-6?. The van der Waals surface area contributed by atoms with Crippen LogP contribution in [0.15, 0.2) is 41.0 Å². The summed E-state index contributed by atoms with van der Waals surface area (Å²) in [6, 6.07) is 4.25. The van der Waals surface area contributed by atoms with E-state index in [9.17, 15) is 18.0 Å². The molecule has 2 N–H and O–H groups in total. The summed E-state index contributed by atoms with van der Waals surface area (Å²) in [7, 11) is 0. The molecule has 0 heterocycles. The Morgan fingerprint density at radius 1 is 1.24 bits per heavy atom. The summed E-state index contributed by atoms with van der Waals surface area (Å²) in [5.41, 5.74) is 4.79. The summed E-state index contributed by atoms with van der Waals surface area (Å²) in [6.45, 7) is 0. The second-order valence-electron chi connectivity index (χ2n) is 3.09. The number of hydrogen-bond donors (Lipinski definition) is 1. The van der Waals surface area contributed by atoms with Crippen LogP contribution in [0.4, 0.5) is 18.9 Å². The van der Waals surface area contributed by atoms with Crippen LogP contribution in [0, 0.1) is 0 Å². The molecule has 0 saturated carbocycles. The highest BCUT2D eigenvalue weighted by atomic mass is 19.4. The number of nitrogens with zero attached hydrogens (tertiary/aromatic N) is 1. The normalized spacial score (nSPS) is 13.0. The molecule has 0 fully saturated rings. The van der Waals surface area contributed by atoms with Gasteiger partial charge in [0.1, 0.15) is 0 Å². The maximum absolute atomic E-state index is 12.2. The van der Waals surface area contributed by atoms with E-state index in [-0.39, 0.29) is 5.57 Å². The van der Waals surface area contributed by atoms with Crippen LogP contribution in [0.2, 0.25) is 0 Å². The highest BCUT2D eigenvalue weighted by Crippen LogP contribution is 2.30. The fourth-order valence-electron chi connectivity index (χ4n) is 0.998. The summed E-state index contributed by atoms with van der Waals surface area (Å²) in [4.78, 5) is 14.2. The van der Waals surface area contributed by atoms with Crippen molar-refractivity contribution in [1.29, 1.82) is 0 Å². The van der Waals surface area contributed by atoms with Crippen molar-refractivity contribution in [2.45, 2.75) is 6.18 Å². The van der Waals surface area contributed by atoms with E-state index in [1.807, 2.05) is 0 Å². The molecule has 0 aliphatic carbocycles. The number of halogens is 3. The zero-order valence-corrected chi connectivity index (χ0v) is 8.61. The molecule has 0 unspecified atom stereocenters. The molecule has 0 atom stereocenters. The Labute approximate surface area is 95.5 Å². The number of aliphatic imine (C=N–C) groups is 1. The molecule has 0 saturated heterocycles. The van der Waals surface area contributed by atoms with Crippen molar-refractivity contribution < 1.29 is 18.0 Å². The summed E-state index contributed by atoms with van der Waals surface area (Å²) in [5, 5.41) is 0. The molecule has 6 heteroatoms. The first kappa shape index (κ1) is 13.0. The van der Waals surface area contributed by atoms with Gasteiger partial charge in [-0.05, 0) is 24.3 Å². The highest BCUT2D eigenvalue weighted by molar-refractivity contribution is 6.02. The summed E-state index contributed by atoms with van der Waals surface area (Å²) >= 11 is 0. The van der Waals surface area contributed by atoms with Gasteiger partial charge in [-0.1, -0.05) is 0 Å². The zero-order chi connectivity index (χ0) is 12.9. The lowest BCUT2D eigenvalue weighted by molar-refractivity contribution is -0.137. The number of allylic oxidation sites excluding steroid dienone is 1. The van der Waals surface area contributed by atoms with Gasteiger partial charge in [0.2, 0.25) is 0 Å². The monoisotopic (exact) mass is 242 g/mol. The molecule has 3 nitrogen and oxygen atoms in total. The maximum Gasteiger partial charge on any atom is 0.416 e. The second kappa shape index (κ2) is 5.29. The van der Waals surface area contributed by atoms with Crippen LogP contribution in [0.25, 0.3) is 0 Å². The number of benzene rings is 1. The van der Waals surface area contributed by atoms with Crippen LogP contribution in [-0.4, -0.2) is 12.5 Å². The fourth-order valence-corrected chi connectivity index (χ4v) is 0.998. The Bertz CT molecular complexity index is 447. The van der Waals surface area contributed by atoms with Crippen LogP contribution in [0.5, 0.6) is 0 Å². The van der Waals surface area contributed by atoms with E-state index in [0.29, 0.717) is 12.0 Å². The minimum atomic E-state index is -4.37. The van der Waals surface area contributed by atoms with Gasteiger partial charge in [0.15, 0.2) is 6.29 Å². The van der Waals surface area contributed by atoms with E-state index < -0.39 is 11.7 Å². The van der Waals surface area contributed by atoms with Crippen LogP contribution in [-0.2, 0) is 11.0 Å². The van der Waals surface area contributed by atoms with E-state index in [2.05, 4.69) is 4.99 Å². The quantitative estimate of drug-likeness (QED) is 0.503. The SMILES string of the molecule is N/C=C(/C=O)C=Nc1ccc(C(F)(F)F)cc1. The van der Waals surface area contributed by atoms with Crippen LogP contribution in [0.1, 0.15) is 5.56 Å². The number of rotatable bonds is 3. The Hall–Kier alpha value is -2.11. The van der Waals surface area contributed by atoms with Crippen molar-refractivity contribution in [3.05, 3.63) is 41.6 Å². The molecule has 1 rings (SSSR count). The van der Waals surface area contributed by atoms with E-state index in [1.54, 1.807) is 0 Å². The number of nitrogens with two attached hydrogens (primary N) is 1. The topological polar surface area (TPSA) is 55.5 Å². The summed E-state index contributed by atoms with van der Waals surface area (Å²) < 4.78 is 36.7. The van der Waals surface area contributed by atoms with Crippen molar-refractivity contribution in [3.8, 4) is 0 Å². The number of hydrogen-bond acceptors (Lipinski definition) is 3. The van der Waals surface area contributed by atoms with Gasteiger partial charge < -0.3 is 5.73 Å². The molecule has 0 radical (unpaired) electrons. The molecule has 1 aromatic carbocycles. The fraction of sp³-hybridized carbons (Fsp3) is 0.0909. The Balaban J connectivity index is 2.86. The van der Waals surface area contributed by atoms with Gasteiger partial charge >= 0.3 is 6.18 Å². The van der Waals surface area contributed by atoms with Crippen LogP contribution < -0.4 is 5.73 Å². The van der Waals surface area contributed by atoms with Gasteiger partial charge in [-0.15, -0.1) is 0 Å². The van der Waals surface area contributed by atoms with E-state index in [0.717, 1.165) is 18.3 Å². The van der Waals surface area contributed by atoms with Gasteiger partial charge in [-0.3, -0.25) is 9.79 Å². The molecule has 0 amide bonds. The van der Waals surface area contributed by atoms with Gasteiger partial charge in [0.05, 0.1) is 11.3 Å². The average Bonchev–Trinajstić information content (AvgIpc) is 2.30. The third-order valence-electron chi connectivity index (χ3n) is 1.89. The number of carbonyl (C=O) groups is 1. The van der Waals surface area contributed by atoms with E-state index in [4.69, 9.17) is 5.73 Å². The van der Waals surface area contributed by atoms with Gasteiger partial charge in [0, 0.05) is 18.0 Å². The third-order valence-corrected chi connectivity index (χ3v) is 1.89. The molecule has 0 aliphatic heterocycles. The molecule has 0 aliphatic rings.